The first-order valence-electron chi connectivity index (χ1n) is 5.19. The summed E-state index contributed by atoms with van der Waals surface area (Å²) in [5, 5.41) is 2.86. The number of carbonyl (C=O) groups excluding carboxylic acids is 1. The van der Waals surface area contributed by atoms with Crippen LogP contribution in [0.4, 0.5) is 0 Å². The van der Waals surface area contributed by atoms with Crippen LogP contribution in [-0.4, -0.2) is 18.3 Å². The molecular weight excluding hydrogens is 289 g/mol. The fraction of sp³-hybridized carbons (Fsp3) is 0.417. The summed E-state index contributed by atoms with van der Waals surface area (Å²) in [7, 11) is 0. The largest absolute Gasteiger partial charge is 0.356 e. The van der Waals surface area contributed by atoms with Crippen LogP contribution in [0.2, 0.25) is 0 Å². The average molecular weight is 305 g/mol. The molecule has 0 fully saturated rings. The Morgan fingerprint density at radius 3 is 2.62 bits per heavy atom. The van der Waals surface area contributed by atoms with E-state index in [1.807, 2.05) is 31.2 Å². The zero-order valence-electron chi connectivity index (χ0n) is 9.17. The van der Waals surface area contributed by atoms with E-state index in [2.05, 4.69) is 21.2 Å². The van der Waals surface area contributed by atoms with Crippen molar-refractivity contribution in [2.24, 2.45) is 5.92 Å². The maximum atomic E-state index is 11.6. The molecular formula is C12H15BrClNO. The van der Waals surface area contributed by atoms with Crippen molar-refractivity contribution in [2.75, 3.05) is 12.4 Å². The Morgan fingerprint density at radius 1 is 1.44 bits per heavy atom. The lowest BCUT2D eigenvalue weighted by Crippen LogP contribution is -2.30. The van der Waals surface area contributed by atoms with E-state index in [1.54, 1.807) is 0 Å². The standard InChI is InChI=1S/C12H15BrClNO/c1-9(7-14)8-15-12(16)6-10-2-4-11(13)5-3-10/h2-5,9H,6-8H2,1H3,(H,15,16). The van der Waals surface area contributed by atoms with Crippen LogP contribution < -0.4 is 5.32 Å². The molecule has 2 nitrogen and oxygen atoms in total. The zero-order valence-corrected chi connectivity index (χ0v) is 11.5. The van der Waals surface area contributed by atoms with Crippen LogP contribution in [0.5, 0.6) is 0 Å². The first-order valence-corrected chi connectivity index (χ1v) is 6.51. The summed E-state index contributed by atoms with van der Waals surface area (Å²) in [6.45, 7) is 2.64. The van der Waals surface area contributed by atoms with Crippen LogP contribution in [0.3, 0.4) is 0 Å². The van der Waals surface area contributed by atoms with Gasteiger partial charge < -0.3 is 5.32 Å². The highest BCUT2D eigenvalue weighted by Gasteiger charge is 2.05. The van der Waals surface area contributed by atoms with Crippen molar-refractivity contribution in [3.63, 3.8) is 0 Å². The molecule has 0 aromatic heterocycles. The highest BCUT2D eigenvalue weighted by atomic mass is 79.9. The van der Waals surface area contributed by atoms with Gasteiger partial charge in [0.2, 0.25) is 5.91 Å². The maximum absolute atomic E-state index is 11.6. The maximum Gasteiger partial charge on any atom is 0.224 e. The van der Waals surface area contributed by atoms with Crippen LogP contribution in [0.1, 0.15) is 12.5 Å². The SMILES string of the molecule is CC(CCl)CNC(=O)Cc1ccc(Br)cc1. The summed E-state index contributed by atoms with van der Waals surface area (Å²) in [5.41, 5.74) is 1.01. The lowest BCUT2D eigenvalue weighted by molar-refractivity contribution is -0.120. The molecule has 0 radical (unpaired) electrons. The van der Waals surface area contributed by atoms with Crippen molar-refractivity contribution in [3.05, 3.63) is 34.3 Å². The summed E-state index contributed by atoms with van der Waals surface area (Å²) in [5.74, 6) is 0.924. The minimum Gasteiger partial charge on any atom is -0.356 e. The van der Waals surface area contributed by atoms with Gasteiger partial charge in [-0.25, -0.2) is 0 Å². The number of hydrogen-bond donors (Lipinski definition) is 1. The van der Waals surface area contributed by atoms with Gasteiger partial charge in [-0.1, -0.05) is 35.0 Å². The van der Waals surface area contributed by atoms with E-state index in [-0.39, 0.29) is 5.91 Å². The van der Waals surface area contributed by atoms with Gasteiger partial charge >= 0.3 is 0 Å². The Hall–Kier alpha value is -0.540. The van der Waals surface area contributed by atoms with Gasteiger partial charge in [-0.3, -0.25) is 4.79 Å². The second kappa shape index (κ2) is 6.92. The Balaban J connectivity index is 2.37. The molecule has 0 aliphatic rings. The van der Waals surface area contributed by atoms with Crippen LogP contribution >= 0.6 is 27.5 Å². The molecule has 0 heterocycles. The number of hydrogen-bond acceptors (Lipinski definition) is 1. The van der Waals surface area contributed by atoms with Gasteiger partial charge in [0.25, 0.3) is 0 Å². The second-order valence-electron chi connectivity index (χ2n) is 3.87. The molecule has 1 amide bonds. The predicted octanol–water partition coefficient (Wildman–Crippen LogP) is 2.98. The fourth-order valence-corrected chi connectivity index (χ4v) is 1.57. The topological polar surface area (TPSA) is 29.1 Å². The number of rotatable bonds is 5. The van der Waals surface area contributed by atoms with Crippen molar-refractivity contribution < 1.29 is 4.79 Å². The van der Waals surface area contributed by atoms with E-state index in [9.17, 15) is 4.79 Å². The number of amides is 1. The van der Waals surface area contributed by atoms with E-state index in [1.165, 1.54) is 0 Å². The molecule has 0 saturated carbocycles. The van der Waals surface area contributed by atoms with Crippen molar-refractivity contribution in [3.8, 4) is 0 Å². The molecule has 0 bridgehead atoms. The average Bonchev–Trinajstić information content (AvgIpc) is 2.29. The lowest BCUT2D eigenvalue weighted by atomic mass is 10.1. The molecule has 16 heavy (non-hydrogen) atoms. The highest BCUT2D eigenvalue weighted by Crippen LogP contribution is 2.10. The normalized spacial score (nSPS) is 12.2. The first kappa shape index (κ1) is 13.5. The molecule has 1 unspecified atom stereocenters. The molecule has 1 aromatic rings. The Bertz CT molecular complexity index is 339. The third kappa shape index (κ3) is 4.99. The third-order valence-corrected chi connectivity index (χ3v) is 3.24. The van der Waals surface area contributed by atoms with Gasteiger partial charge in [0, 0.05) is 16.9 Å². The van der Waals surface area contributed by atoms with Crippen LogP contribution in [0.15, 0.2) is 28.7 Å². The number of nitrogens with one attached hydrogen (secondary N) is 1. The van der Waals surface area contributed by atoms with Gasteiger partial charge in [-0.05, 0) is 23.6 Å². The first-order chi connectivity index (χ1) is 7.61. The second-order valence-corrected chi connectivity index (χ2v) is 5.09. The van der Waals surface area contributed by atoms with Gasteiger partial charge in [0.15, 0.2) is 0 Å². The molecule has 1 aromatic carbocycles. The van der Waals surface area contributed by atoms with Crippen molar-refractivity contribution in [1.29, 1.82) is 0 Å². The lowest BCUT2D eigenvalue weighted by Gasteiger charge is -2.09. The summed E-state index contributed by atoms with van der Waals surface area (Å²) in [6.07, 6.45) is 0.419. The van der Waals surface area contributed by atoms with E-state index in [0.717, 1.165) is 10.0 Å². The summed E-state index contributed by atoms with van der Waals surface area (Å²) in [6, 6.07) is 7.75. The molecule has 0 spiro atoms. The van der Waals surface area contributed by atoms with Crippen LogP contribution in [0.25, 0.3) is 0 Å². The highest BCUT2D eigenvalue weighted by molar-refractivity contribution is 9.10. The van der Waals surface area contributed by atoms with E-state index >= 15 is 0 Å². The third-order valence-electron chi connectivity index (χ3n) is 2.19. The van der Waals surface area contributed by atoms with Crippen LogP contribution in [-0.2, 0) is 11.2 Å². The molecule has 4 heteroatoms. The summed E-state index contributed by atoms with van der Waals surface area (Å²) >= 11 is 9.01. The van der Waals surface area contributed by atoms with E-state index in [0.29, 0.717) is 24.8 Å². The Kier molecular flexibility index (Phi) is 5.85. The number of alkyl halides is 1. The predicted molar refractivity (Wildman–Crippen MR) is 70.7 cm³/mol. The molecule has 1 N–H and O–H groups in total. The minimum absolute atomic E-state index is 0.0410. The fourth-order valence-electron chi connectivity index (χ4n) is 1.19. The number of benzene rings is 1. The smallest absolute Gasteiger partial charge is 0.224 e. The van der Waals surface area contributed by atoms with Crippen molar-refractivity contribution in [2.45, 2.75) is 13.3 Å². The van der Waals surface area contributed by atoms with Crippen molar-refractivity contribution in [1.82, 2.24) is 5.32 Å². The quantitative estimate of drug-likeness (QED) is 0.833. The molecule has 0 aliphatic heterocycles. The molecule has 0 aliphatic carbocycles. The van der Waals surface area contributed by atoms with Gasteiger partial charge in [0.05, 0.1) is 6.42 Å². The minimum atomic E-state index is 0.0410. The number of carbonyl (C=O) groups is 1. The molecule has 88 valence electrons. The van der Waals surface area contributed by atoms with Gasteiger partial charge in [0.1, 0.15) is 0 Å². The summed E-state index contributed by atoms with van der Waals surface area (Å²) < 4.78 is 1.02. The molecule has 0 saturated heterocycles. The molecule has 1 rings (SSSR count). The summed E-state index contributed by atoms with van der Waals surface area (Å²) in [4.78, 5) is 11.6. The van der Waals surface area contributed by atoms with Crippen LogP contribution in [0, 0.1) is 5.92 Å². The van der Waals surface area contributed by atoms with E-state index < -0.39 is 0 Å². The Morgan fingerprint density at radius 2 is 2.06 bits per heavy atom. The van der Waals surface area contributed by atoms with Crippen molar-refractivity contribution >= 4 is 33.4 Å². The monoisotopic (exact) mass is 303 g/mol. The Labute approximate surface area is 110 Å². The number of halogens is 2. The van der Waals surface area contributed by atoms with Gasteiger partial charge in [-0.2, -0.15) is 0 Å². The molecule has 1 atom stereocenters. The van der Waals surface area contributed by atoms with Gasteiger partial charge in [-0.15, -0.1) is 11.6 Å². The zero-order chi connectivity index (χ0) is 12.0. The van der Waals surface area contributed by atoms with E-state index in [4.69, 9.17) is 11.6 Å².